The summed E-state index contributed by atoms with van der Waals surface area (Å²) in [4.78, 5) is 15.5. The third-order valence-electron chi connectivity index (χ3n) is 5.12. The van der Waals surface area contributed by atoms with Crippen LogP contribution in [0.25, 0.3) is 11.3 Å². The van der Waals surface area contributed by atoms with Gasteiger partial charge in [0.05, 0.1) is 17.9 Å². The van der Waals surface area contributed by atoms with E-state index in [1.165, 1.54) is 31.2 Å². The van der Waals surface area contributed by atoms with E-state index in [4.69, 9.17) is 9.97 Å². The molecule has 1 aliphatic carbocycles. The zero-order chi connectivity index (χ0) is 16.6. The third kappa shape index (κ3) is 2.95. The minimum atomic E-state index is 0.270. The van der Waals surface area contributed by atoms with Gasteiger partial charge in [0.2, 0.25) is 5.13 Å². The predicted molar refractivity (Wildman–Crippen MR) is 99.8 cm³/mol. The normalized spacial score (nSPS) is 20.8. The van der Waals surface area contributed by atoms with Crippen molar-refractivity contribution >= 4 is 16.7 Å². The molecule has 0 amide bonds. The van der Waals surface area contributed by atoms with Gasteiger partial charge in [0, 0.05) is 24.0 Å². The molecule has 2 fully saturated rings. The average Bonchev–Trinajstić information content (AvgIpc) is 3.21. The largest absolute Gasteiger partial charge is 0.340 e. The summed E-state index contributed by atoms with van der Waals surface area (Å²) < 4.78 is 4.59. The number of hydrogen-bond acceptors (Lipinski definition) is 5. The second-order valence-corrected chi connectivity index (χ2v) is 7.69. The van der Waals surface area contributed by atoms with E-state index in [0.717, 1.165) is 35.4 Å². The Morgan fingerprint density at radius 3 is 2.80 bits per heavy atom. The molecule has 0 bridgehead atoms. The van der Waals surface area contributed by atoms with Crippen molar-refractivity contribution in [2.24, 2.45) is 0 Å². The SMILES string of the molecule is c1ccc(-c2cnc(C3CCCCN3c3nc(C4CC4)ns3)[nH]2)cc1. The molecule has 1 aromatic carbocycles. The van der Waals surface area contributed by atoms with Crippen LogP contribution >= 0.6 is 11.5 Å². The van der Waals surface area contributed by atoms with Gasteiger partial charge in [-0.25, -0.2) is 9.97 Å². The molecular weight excluding hydrogens is 330 g/mol. The van der Waals surface area contributed by atoms with Crippen molar-refractivity contribution < 1.29 is 0 Å². The van der Waals surface area contributed by atoms with E-state index < -0.39 is 0 Å². The van der Waals surface area contributed by atoms with Crippen molar-refractivity contribution in [2.75, 3.05) is 11.4 Å². The van der Waals surface area contributed by atoms with E-state index in [1.807, 2.05) is 12.3 Å². The first-order valence-corrected chi connectivity index (χ1v) is 9.86. The van der Waals surface area contributed by atoms with Gasteiger partial charge in [0.25, 0.3) is 0 Å². The van der Waals surface area contributed by atoms with E-state index in [2.05, 4.69) is 38.5 Å². The quantitative estimate of drug-likeness (QED) is 0.750. The standard InChI is InChI=1S/C19H21N5S/c1-2-6-13(7-3-1)15-12-20-18(21-15)16-8-4-5-11-24(16)19-22-17(23-25-19)14-9-10-14/h1-3,6-7,12,14,16H,4-5,8-11H2,(H,20,21). The number of H-pyrrole nitrogens is 1. The lowest BCUT2D eigenvalue weighted by molar-refractivity contribution is 0.458. The molecule has 5 nitrogen and oxygen atoms in total. The van der Waals surface area contributed by atoms with Crippen LogP contribution in [0.4, 0.5) is 5.13 Å². The summed E-state index contributed by atoms with van der Waals surface area (Å²) in [6.07, 6.45) is 8.00. The fraction of sp³-hybridized carbons (Fsp3) is 0.421. The molecule has 0 spiro atoms. The van der Waals surface area contributed by atoms with Gasteiger partial charge in [-0.2, -0.15) is 4.37 Å². The third-order valence-corrected chi connectivity index (χ3v) is 5.89. The van der Waals surface area contributed by atoms with Crippen LogP contribution in [-0.2, 0) is 0 Å². The summed E-state index contributed by atoms with van der Waals surface area (Å²) in [5.41, 5.74) is 2.26. The summed E-state index contributed by atoms with van der Waals surface area (Å²) in [7, 11) is 0. The first kappa shape index (κ1) is 15.1. The van der Waals surface area contributed by atoms with E-state index in [0.29, 0.717) is 5.92 Å². The zero-order valence-corrected chi connectivity index (χ0v) is 14.9. The van der Waals surface area contributed by atoms with Gasteiger partial charge < -0.3 is 9.88 Å². The second kappa shape index (κ2) is 6.26. The molecule has 2 aromatic heterocycles. The van der Waals surface area contributed by atoms with E-state index in [1.54, 1.807) is 11.5 Å². The monoisotopic (exact) mass is 351 g/mol. The number of benzene rings is 1. The number of aromatic nitrogens is 4. The Morgan fingerprint density at radius 1 is 1.08 bits per heavy atom. The van der Waals surface area contributed by atoms with Crippen molar-refractivity contribution in [3.63, 3.8) is 0 Å². The lowest BCUT2D eigenvalue weighted by Crippen LogP contribution is -2.34. The molecule has 1 N–H and O–H groups in total. The predicted octanol–water partition coefficient (Wildman–Crippen LogP) is 4.54. The average molecular weight is 351 g/mol. The van der Waals surface area contributed by atoms with Crippen LogP contribution in [0.5, 0.6) is 0 Å². The zero-order valence-electron chi connectivity index (χ0n) is 14.1. The highest BCUT2D eigenvalue weighted by Crippen LogP contribution is 2.41. The van der Waals surface area contributed by atoms with Crippen LogP contribution in [0.15, 0.2) is 36.5 Å². The van der Waals surface area contributed by atoms with Crippen LogP contribution < -0.4 is 4.90 Å². The van der Waals surface area contributed by atoms with Crippen LogP contribution in [0, 0.1) is 0 Å². The van der Waals surface area contributed by atoms with Crippen LogP contribution in [0.2, 0.25) is 0 Å². The second-order valence-electron chi connectivity index (χ2n) is 6.96. The number of nitrogens with zero attached hydrogens (tertiary/aromatic N) is 4. The van der Waals surface area contributed by atoms with E-state index >= 15 is 0 Å². The number of piperidine rings is 1. The molecule has 1 atom stereocenters. The maximum atomic E-state index is 4.83. The number of hydrogen-bond donors (Lipinski definition) is 1. The van der Waals surface area contributed by atoms with Gasteiger partial charge in [-0.1, -0.05) is 30.3 Å². The maximum absolute atomic E-state index is 4.83. The number of rotatable bonds is 4. The Balaban J connectivity index is 1.43. The highest BCUT2D eigenvalue weighted by atomic mass is 32.1. The van der Waals surface area contributed by atoms with Crippen LogP contribution in [0.3, 0.4) is 0 Å². The molecule has 3 heterocycles. The fourth-order valence-electron chi connectivity index (χ4n) is 3.57. The molecule has 3 aromatic rings. The number of aromatic amines is 1. The smallest absolute Gasteiger partial charge is 0.205 e. The number of imidazole rings is 1. The summed E-state index contributed by atoms with van der Waals surface area (Å²) >= 11 is 1.55. The van der Waals surface area contributed by atoms with Crippen molar-refractivity contribution in [1.29, 1.82) is 0 Å². The molecule has 1 unspecified atom stereocenters. The Morgan fingerprint density at radius 2 is 1.96 bits per heavy atom. The lowest BCUT2D eigenvalue weighted by Gasteiger charge is -2.34. The minimum absolute atomic E-state index is 0.270. The Hall–Kier alpha value is -2.21. The summed E-state index contributed by atoms with van der Waals surface area (Å²) in [5, 5.41) is 1.06. The first-order chi connectivity index (χ1) is 12.4. The Bertz CT molecular complexity index is 852. The number of nitrogens with one attached hydrogen (secondary N) is 1. The minimum Gasteiger partial charge on any atom is -0.340 e. The highest BCUT2D eigenvalue weighted by molar-refractivity contribution is 7.09. The van der Waals surface area contributed by atoms with E-state index in [9.17, 15) is 0 Å². The van der Waals surface area contributed by atoms with Gasteiger partial charge in [-0.05, 0) is 37.7 Å². The first-order valence-electron chi connectivity index (χ1n) is 9.09. The summed E-state index contributed by atoms with van der Waals surface area (Å²) in [6, 6.07) is 10.7. The molecule has 1 saturated carbocycles. The van der Waals surface area contributed by atoms with Gasteiger partial charge in [0.15, 0.2) is 0 Å². The van der Waals surface area contributed by atoms with Crippen molar-refractivity contribution in [2.45, 2.75) is 44.1 Å². The van der Waals surface area contributed by atoms with Crippen molar-refractivity contribution in [3.8, 4) is 11.3 Å². The van der Waals surface area contributed by atoms with Gasteiger partial charge >= 0.3 is 0 Å². The maximum Gasteiger partial charge on any atom is 0.205 e. The summed E-state index contributed by atoms with van der Waals surface area (Å²) in [5.74, 6) is 2.71. The van der Waals surface area contributed by atoms with Crippen molar-refractivity contribution in [1.82, 2.24) is 19.3 Å². The van der Waals surface area contributed by atoms with E-state index in [-0.39, 0.29) is 6.04 Å². The number of anilines is 1. The molecule has 1 aliphatic heterocycles. The summed E-state index contributed by atoms with van der Waals surface area (Å²) in [6.45, 7) is 1.03. The topological polar surface area (TPSA) is 57.7 Å². The molecule has 0 radical (unpaired) electrons. The highest BCUT2D eigenvalue weighted by Gasteiger charge is 2.32. The molecule has 2 aliphatic rings. The fourth-order valence-corrected chi connectivity index (χ4v) is 4.39. The molecule has 25 heavy (non-hydrogen) atoms. The molecular formula is C19H21N5S. The molecule has 5 rings (SSSR count). The Labute approximate surface area is 151 Å². The van der Waals surface area contributed by atoms with Crippen LogP contribution in [-0.4, -0.2) is 25.9 Å². The van der Waals surface area contributed by atoms with Crippen molar-refractivity contribution in [3.05, 3.63) is 48.2 Å². The molecule has 128 valence electrons. The molecule has 1 saturated heterocycles. The molecule has 6 heteroatoms. The van der Waals surface area contributed by atoms with Crippen LogP contribution in [0.1, 0.15) is 55.7 Å². The van der Waals surface area contributed by atoms with Gasteiger partial charge in [0.1, 0.15) is 11.6 Å². The lowest BCUT2D eigenvalue weighted by atomic mass is 10.0. The Kier molecular flexibility index (Phi) is 3.77. The van der Waals surface area contributed by atoms with Gasteiger partial charge in [-0.15, -0.1) is 0 Å². The van der Waals surface area contributed by atoms with Gasteiger partial charge in [-0.3, -0.25) is 0 Å².